The lowest BCUT2D eigenvalue weighted by Crippen LogP contribution is -2.32. The number of hydrogen-bond acceptors (Lipinski definition) is 6. The SMILES string of the molecule is CN(Cc1nc([C@H]2CCCNC2)cc(N(C)C)n1)C(=O)COc1ccc(F)cc1. The average Bonchev–Trinajstić information content (AvgIpc) is 2.73. The molecule has 7 nitrogen and oxygen atoms in total. The number of nitrogens with zero attached hydrogens (tertiary/aromatic N) is 4. The molecule has 0 bridgehead atoms. The van der Waals surface area contributed by atoms with Crippen molar-refractivity contribution in [3.05, 3.63) is 47.7 Å². The van der Waals surface area contributed by atoms with E-state index in [1.165, 1.54) is 24.3 Å². The average molecular weight is 401 g/mol. The molecule has 0 saturated carbocycles. The Morgan fingerprint density at radius 1 is 1.24 bits per heavy atom. The molecule has 156 valence electrons. The van der Waals surface area contributed by atoms with Crippen LogP contribution in [0.4, 0.5) is 10.2 Å². The second-order valence-electron chi connectivity index (χ2n) is 7.50. The van der Waals surface area contributed by atoms with E-state index in [0.717, 1.165) is 37.4 Å². The van der Waals surface area contributed by atoms with Gasteiger partial charge in [0, 0.05) is 39.7 Å². The van der Waals surface area contributed by atoms with Gasteiger partial charge in [-0.1, -0.05) is 0 Å². The molecule has 0 spiro atoms. The van der Waals surface area contributed by atoms with Crippen molar-refractivity contribution in [2.75, 3.05) is 45.7 Å². The number of rotatable bonds is 7. The molecule has 1 aromatic carbocycles. The third-order valence-corrected chi connectivity index (χ3v) is 4.93. The fourth-order valence-corrected chi connectivity index (χ4v) is 3.20. The van der Waals surface area contributed by atoms with Gasteiger partial charge in [-0.25, -0.2) is 14.4 Å². The standard InChI is InChI=1S/C21H28FN5O2/c1-26(2)20-11-18(15-5-4-10-23-12-15)24-19(25-20)13-27(3)21(28)14-29-17-8-6-16(22)7-9-17/h6-9,11,15,23H,4-5,10,12-14H2,1-3H3/t15-/m0/s1. The Morgan fingerprint density at radius 3 is 2.66 bits per heavy atom. The highest BCUT2D eigenvalue weighted by Crippen LogP contribution is 2.24. The molecule has 0 aliphatic carbocycles. The van der Waals surface area contributed by atoms with Crippen LogP contribution in [0.25, 0.3) is 0 Å². The summed E-state index contributed by atoms with van der Waals surface area (Å²) in [6.07, 6.45) is 2.22. The van der Waals surface area contributed by atoms with Crippen molar-refractivity contribution in [3.63, 3.8) is 0 Å². The number of piperidine rings is 1. The Kier molecular flexibility index (Phi) is 6.98. The highest BCUT2D eigenvalue weighted by Gasteiger charge is 2.20. The third kappa shape index (κ3) is 5.87. The summed E-state index contributed by atoms with van der Waals surface area (Å²) in [6, 6.07) is 7.62. The van der Waals surface area contributed by atoms with Crippen molar-refractivity contribution < 1.29 is 13.9 Å². The summed E-state index contributed by atoms with van der Waals surface area (Å²) in [5, 5.41) is 3.42. The van der Waals surface area contributed by atoms with E-state index >= 15 is 0 Å². The second kappa shape index (κ2) is 9.65. The van der Waals surface area contributed by atoms with Gasteiger partial charge in [-0.3, -0.25) is 4.79 Å². The number of anilines is 1. The van der Waals surface area contributed by atoms with E-state index in [1.54, 1.807) is 11.9 Å². The predicted octanol–water partition coefficient (Wildman–Crippen LogP) is 2.19. The largest absolute Gasteiger partial charge is 0.484 e. The van der Waals surface area contributed by atoms with Gasteiger partial charge < -0.3 is 19.9 Å². The zero-order chi connectivity index (χ0) is 20.8. The zero-order valence-electron chi connectivity index (χ0n) is 17.2. The first-order valence-electron chi connectivity index (χ1n) is 9.80. The molecule has 1 N–H and O–H groups in total. The first-order valence-corrected chi connectivity index (χ1v) is 9.80. The van der Waals surface area contributed by atoms with E-state index in [1.807, 2.05) is 25.1 Å². The number of aromatic nitrogens is 2. The van der Waals surface area contributed by atoms with Gasteiger partial charge in [0.1, 0.15) is 23.2 Å². The maximum Gasteiger partial charge on any atom is 0.260 e. The quantitative estimate of drug-likeness (QED) is 0.767. The number of carbonyl (C=O) groups excluding carboxylic acids is 1. The van der Waals surface area contributed by atoms with Crippen molar-refractivity contribution >= 4 is 11.7 Å². The van der Waals surface area contributed by atoms with Crippen LogP contribution >= 0.6 is 0 Å². The number of nitrogens with one attached hydrogen (secondary N) is 1. The number of ether oxygens (including phenoxy) is 1. The molecule has 1 aliphatic rings. The molecule has 8 heteroatoms. The Hall–Kier alpha value is -2.74. The summed E-state index contributed by atoms with van der Waals surface area (Å²) < 4.78 is 18.4. The zero-order valence-corrected chi connectivity index (χ0v) is 17.2. The van der Waals surface area contributed by atoms with Crippen LogP contribution in [-0.2, 0) is 11.3 Å². The number of halogens is 1. The molecule has 0 unspecified atom stereocenters. The van der Waals surface area contributed by atoms with Crippen molar-refractivity contribution in [3.8, 4) is 5.75 Å². The minimum Gasteiger partial charge on any atom is -0.484 e. The van der Waals surface area contributed by atoms with Gasteiger partial charge in [0.05, 0.1) is 12.2 Å². The molecule has 1 atom stereocenters. The normalized spacial score (nSPS) is 16.3. The first kappa shape index (κ1) is 21.0. The Morgan fingerprint density at radius 2 is 2.00 bits per heavy atom. The number of amides is 1. The number of carbonyl (C=O) groups is 1. The number of likely N-dealkylation sites (N-methyl/N-ethyl adjacent to an activating group) is 1. The summed E-state index contributed by atoms with van der Waals surface area (Å²) in [7, 11) is 5.59. The lowest BCUT2D eigenvalue weighted by molar-refractivity contribution is -0.132. The minimum atomic E-state index is -0.345. The molecule has 3 rings (SSSR count). The van der Waals surface area contributed by atoms with Crippen molar-refractivity contribution in [2.24, 2.45) is 0 Å². The molecule has 1 amide bonds. The van der Waals surface area contributed by atoms with E-state index < -0.39 is 0 Å². The topological polar surface area (TPSA) is 70.6 Å². The fourth-order valence-electron chi connectivity index (χ4n) is 3.20. The van der Waals surface area contributed by atoms with Gasteiger partial charge in [0.25, 0.3) is 5.91 Å². The third-order valence-electron chi connectivity index (χ3n) is 4.93. The molecule has 1 aliphatic heterocycles. The van der Waals surface area contributed by atoms with Gasteiger partial charge in [-0.05, 0) is 43.7 Å². The van der Waals surface area contributed by atoms with Crippen molar-refractivity contribution in [1.82, 2.24) is 20.2 Å². The molecule has 0 radical (unpaired) electrons. The van der Waals surface area contributed by atoms with Crippen molar-refractivity contribution in [1.29, 1.82) is 0 Å². The molecule has 1 saturated heterocycles. The monoisotopic (exact) mass is 401 g/mol. The predicted molar refractivity (Wildman–Crippen MR) is 110 cm³/mol. The van der Waals surface area contributed by atoms with Crippen molar-refractivity contribution in [2.45, 2.75) is 25.3 Å². The summed E-state index contributed by atoms with van der Waals surface area (Å²) in [4.78, 5) is 25.3. The van der Waals surface area contributed by atoms with Crippen LogP contribution in [0.1, 0.15) is 30.3 Å². The Bertz CT molecular complexity index is 822. The maximum absolute atomic E-state index is 13.0. The van der Waals surface area contributed by atoms with E-state index in [-0.39, 0.29) is 18.3 Å². The van der Waals surface area contributed by atoms with Crippen LogP contribution in [0.5, 0.6) is 5.75 Å². The number of benzene rings is 1. The smallest absolute Gasteiger partial charge is 0.260 e. The highest BCUT2D eigenvalue weighted by atomic mass is 19.1. The van der Waals surface area contributed by atoms with Crippen LogP contribution in [0.2, 0.25) is 0 Å². The van der Waals surface area contributed by atoms with Gasteiger partial charge in [0.2, 0.25) is 0 Å². The Balaban J connectivity index is 1.66. The van der Waals surface area contributed by atoms with E-state index in [2.05, 4.69) is 10.3 Å². The van der Waals surface area contributed by atoms with Gasteiger partial charge in [0.15, 0.2) is 6.61 Å². The van der Waals surface area contributed by atoms with Gasteiger partial charge >= 0.3 is 0 Å². The summed E-state index contributed by atoms with van der Waals surface area (Å²) >= 11 is 0. The van der Waals surface area contributed by atoms with Crippen LogP contribution in [-0.4, -0.2) is 61.6 Å². The Labute approximate surface area is 170 Å². The van der Waals surface area contributed by atoms with E-state index in [9.17, 15) is 9.18 Å². The van der Waals surface area contributed by atoms with Gasteiger partial charge in [-0.15, -0.1) is 0 Å². The lowest BCUT2D eigenvalue weighted by Gasteiger charge is -2.24. The van der Waals surface area contributed by atoms with Crippen LogP contribution in [0.3, 0.4) is 0 Å². The summed E-state index contributed by atoms with van der Waals surface area (Å²) in [6.45, 7) is 2.11. The van der Waals surface area contributed by atoms with Crippen LogP contribution < -0.4 is 15.0 Å². The second-order valence-corrected chi connectivity index (χ2v) is 7.50. The molecule has 2 heterocycles. The molecule has 29 heavy (non-hydrogen) atoms. The van der Waals surface area contributed by atoms with Crippen LogP contribution in [0.15, 0.2) is 30.3 Å². The summed E-state index contributed by atoms with van der Waals surface area (Å²) in [5.41, 5.74) is 1.01. The fraction of sp³-hybridized carbons (Fsp3) is 0.476. The maximum atomic E-state index is 13.0. The molecule has 1 aromatic heterocycles. The summed E-state index contributed by atoms with van der Waals surface area (Å²) in [5.74, 6) is 1.70. The molecular formula is C21H28FN5O2. The molecular weight excluding hydrogens is 373 g/mol. The minimum absolute atomic E-state index is 0.130. The molecule has 1 fully saturated rings. The molecule has 2 aromatic rings. The number of hydrogen-bond donors (Lipinski definition) is 1. The van der Waals surface area contributed by atoms with Gasteiger partial charge in [-0.2, -0.15) is 0 Å². The van der Waals surface area contributed by atoms with E-state index in [0.29, 0.717) is 24.0 Å². The van der Waals surface area contributed by atoms with Crippen LogP contribution in [0, 0.1) is 5.82 Å². The lowest BCUT2D eigenvalue weighted by atomic mass is 9.96. The van der Waals surface area contributed by atoms with E-state index in [4.69, 9.17) is 9.72 Å². The first-order chi connectivity index (χ1) is 13.9. The highest BCUT2D eigenvalue weighted by molar-refractivity contribution is 5.77.